The van der Waals surface area contributed by atoms with E-state index in [1.165, 1.54) is 0 Å². The van der Waals surface area contributed by atoms with Crippen LogP contribution in [0.15, 0.2) is 24.4 Å². The number of carbonyl (C=O) groups is 3. The van der Waals surface area contributed by atoms with Gasteiger partial charge in [-0.3, -0.25) is 19.5 Å². The number of aromatic nitrogens is 1. The molecule has 2 saturated heterocycles. The molecule has 1 aromatic rings. The van der Waals surface area contributed by atoms with E-state index in [2.05, 4.69) is 10.3 Å². The van der Waals surface area contributed by atoms with Crippen molar-refractivity contribution < 1.29 is 19.5 Å². The van der Waals surface area contributed by atoms with Crippen LogP contribution in [0.1, 0.15) is 24.6 Å². The molecule has 0 radical (unpaired) electrons. The summed E-state index contributed by atoms with van der Waals surface area (Å²) in [7, 11) is 0. The highest BCUT2D eigenvalue weighted by atomic mass is 16.3. The SMILES string of the molecule is O=C(CN1C(=O)CNC1=O)N1CCC(C(O)c2ccccn2)CC1. The molecule has 0 spiro atoms. The van der Waals surface area contributed by atoms with E-state index in [1.54, 1.807) is 23.2 Å². The van der Waals surface area contributed by atoms with E-state index in [0.717, 1.165) is 4.90 Å². The molecule has 4 amide bonds. The first-order valence-corrected chi connectivity index (χ1v) is 8.01. The zero-order valence-corrected chi connectivity index (χ0v) is 13.2. The first-order chi connectivity index (χ1) is 11.6. The quantitative estimate of drug-likeness (QED) is 0.750. The number of hydrogen-bond acceptors (Lipinski definition) is 5. The molecule has 0 saturated carbocycles. The number of piperidine rings is 1. The Morgan fingerprint density at radius 3 is 2.67 bits per heavy atom. The van der Waals surface area contributed by atoms with Gasteiger partial charge in [0, 0.05) is 19.3 Å². The number of nitrogens with one attached hydrogen (secondary N) is 1. The second-order valence-corrected chi connectivity index (χ2v) is 6.06. The van der Waals surface area contributed by atoms with Crippen molar-refractivity contribution in [1.82, 2.24) is 20.1 Å². The van der Waals surface area contributed by atoms with Crippen LogP contribution in [0, 0.1) is 5.92 Å². The van der Waals surface area contributed by atoms with E-state index in [9.17, 15) is 19.5 Å². The Bertz CT molecular complexity index is 612. The summed E-state index contributed by atoms with van der Waals surface area (Å²) in [5.74, 6) is -0.583. The number of aliphatic hydroxyl groups is 1. The summed E-state index contributed by atoms with van der Waals surface area (Å²) in [5, 5.41) is 12.8. The van der Waals surface area contributed by atoms with Crippen molar-refractivity contribution in [2.24, 2.45) is 5.92 Å². The molecule has 8 nitrogen and oxygen atoms in total. The van der Waals surface area contributed by atoms with Crippen molar-refractivity contribution >= 4 is 17.8 Å². The number of aliphatic hydroxyl groups excluding tert-OH is 1. The Labute approximate surface area is 139 Å². The lowest BCUT2D eigenvalue weighted by Crippen LogP contribution is -2.46. The van der Waals surface area contributed by atoms with Gasteiger partial charge in [0.2, 0.25) is 5.91 Å². The maximum atomic E-state index is 12.3. The first kappa shape index (κ1) is 16.4. The number of likely N-dealkylation sites (tertiary alicyclic amines) is 1. The summed E-state index contributed by atoms with van der Waals surface area (Å²) in [6, 6.07) is 4.91. The smallest absolute Gasteiger partial charge is 0.325 e. The third-order valence-electron chi connectivity index (χ3n) is 4.56. The maximum absolute atomic E-state index is 12.3. The largest absolute Gasteiger partial charge is 0.387 e. The molecule has 2 N–H and O–H groups in total. The van der Waals surface area contributed by atoms with Gasteiger partial charge in [-0.15, -0.1) is 0 Å². The number of pyridine rings is 1. The highest BCUT2D eigenvalue weighted by Gasteiger charge is 2.33. The number of hydrogen-bond donors (Lipinski definition) is 2. The lowest BCUT2D eigenvalue weighted by atomic mass is 9.89. The van der Waals surface area contributed by atoms with Crippen molar-refractivity contribution in [3.8, 4) is 0 Å². The average molecular weight is 332 g/mol. The van der Waals surface area contributed by atoms with Crippen LogP contribution in [0.25, 0.3) is 0 Å². The lowest BCUT2D eigenvalue weighted by Gasteiger charge is -2.34. The average Bonchev–Trinajstić information content (AvgIpc) is 2.94. The van der Waals surface area contributed by atoms with Crippen molar-refractivity contribution in [2.45, 2.75) is 18.9 Å². The van der Waals surface area contributed by atoms with Crippen LogP contribution >= 0.6 is 0 Å². The fraction of sp³-hybridized carbons (Fsp3) is 0.500. The number of carbonyl (C=O) groups excluding carboxylic acids is 3. The molecule has 3 heterocycles. The van der Waals surface area contributed by atoms with Gasteiger partial charge in [-0.25, -0.2) is 4.79 Å². The molecule has 0 bridgehead atoms. The van der Waals surface area contributed by atoms with E-state index >= 15 is 0 Å². The van der Waals surface area contributed by atoms with Gasteiger partial charge in [-0.2, -0.15) is 0 Å². The molecular formula is C16H20N4O4. The molecular weight excluding hydrogens is 312 g/mol. The highest BCUT2D eigenvalue weighted by Crippen LogP contribution is 2.29. The van der Waals surface area contributed by atoms with E-state index in [-0.39, 0.29) is 30.8 Å². The topological polar surface area (TPSA) is 103 Å². The molecule has 1 unspecified atom stereocenters. The monoisotopic (exact) mass is 332 g/mol. The molecule has 2 fully saturated rings. The van der Waals surface area contributed by atoms with Crippen LogP contribution in [-0.4, -0.2) is 63.9 Å². The van der Waals surface area contributed by atoms with Crippen LogP contribution < -0.4 is 5.32 Å². The summed E-state index contributed by atoms with van der Waals surface area (Å²) >= 11 is 0. The molecule has 24 heavy (non-hydrogen) atoms. The third kappa shape index (κ3) is 3.38. The van der Waals surface area contributed by atoms with Crippen LogP contribution in [0.5, 0.6) is 0 Å². The first-order valence-electron chi connectivity index (χ1n) is 8.01. The Balaban J connectivity index is 1.52. The number of nitrogens with zero attached hydrogens (tertiary/aromatic N) is 3. The minimum Gasteiger partial charge on any atom is -0.387 e. The Kier molecular flexibility index (Phi) is 4.75. The van der Waals surface area contributed by atoms with E-state index in [1.807, 2.05) is 6.07 Å². The minimum atomic E-state index is -0.644. The fourth-order valence-electron chi connectivity index (χ4n) is 3.11. The Hall–Kier alpha value is -2.48. The predicted molar refractivity (Wildman–Crippen MR) is 83.6 cm³/mol. The second kappa shape index (κ2) is 6.96. The molecule has 3 rings (SSSR count). The van der Waals surface area contributed by atoms with E-state index < -0.39 is 12.1 Å². The normalized spacial score (nSPS) is 20.2. The fourth-order valence-corrected chi connectivity index (χ4v) is 3.11. The summed E-state index contributed by atoms with van der Waals surface area (Å²) in [6.07, 6.45) is 2.32. The van der Waals surface area contributed by atoms with Gasteiger partial charge >= 0.3 is 6.03 Å². The number of amides is 4. The van der Waals surface area contributed by atoms with E-state index in [4.69, 9.17) is 0 Å². The summed E-state index contributed by atoms with van der Waals surface area (Å²) in [5.41, 5.74) is 0.640. The van der Waals surface area contributed by atoms with Crippen molar-refractivity contribution in [3.05, 3.63) is 30.1 Å². The summed E-state index contributed by atoms with van der Waals surface area (Å²) < 4.78 is 0. The lowest BCUT2D eigenvalue weighted by molar-refractivity contribution is -0.138. The predicted octanol–water partition coefficient (Wildman–Crippen LogP) is -0.0946. The van der Waals surface area contributed by atoms with Crippen molar-refractivity contribution in [2.75, 3.05) is 26.2 Å². The van der Waals surface area contributed by atoms with Gasteiger partial charge in [0.1, 0.15) is 6.54 Å². The molecule has 128 valence electrons. The maximum Gasteiger partial charge on any atom is 0.325 e. The van der Waals surface area contributed by atoms with Crippen molar-refractivity contribution in [3.63, 3.8) is 0 Å². The van der Waals surface area contributed by atoms with Crippen molar-refractivity contribution in [1.29, 1.82) is 0 Å². The van der Waals surface area contributed by atoms with Gasteiger partial charge in [0.25, 0.3) is 5.91 Å². The van der Waals surface area contributed by atoms with Gasteiger partial charge in [-0.05, 0) is 30.9 Å². The zero-order chi connectivity index (χ0) is 17.1. The van der Waals surface area contributed by atoms with Gasteiger partial charge in [-0.1, -0.05) is 6.07 Å². The Morgan fingerprint density at radius 2 is 2.08 bits per heavy atom. The number of rotatable bonds is 4. The number of urea groups is 1. The summed E-state index contributed by atoms with van der Waals surface area (Å²) in [4.78, 5) is 42.0. The van der Waals surface area contributed by atoms with Gasteiger partial charge in [0.15, 0.2) is 0 Å². The molecule has 0 aliphatic carbocycles. The third-order valence-corrected chi connectivity index (χ3v) is 4.56. The standard InChI is InChI=1S/C16H20N4O4/c21-13-9-18-16(24)20(13)10-14(22)19-7-4-11(5-8-19)15(23)12-3-1-2-6-17-12/h1-3,6,11,15,23H,4-5,7-10H2,(H,18,24). The van der Waals surface area contributed by atoms with Crippen LogP contribution in [0.4, 0.5) is 4.79 Å². The number of imide groups is 1. The molecule has 8 heteroatoms. The molecule has 2 aliphatic rings. The molecule has 1 aromatic heterocycles. The van der Waals surface area contributed by atoms with Crippen LogP contribution in [0.3, 0.4) is 0 Å². The highest BCUT2D eigenvalue weighted by molar-refractivity contribution is 6.04. The molecule has 1 atom stereocenters. The molecule has 0 aromatic carbocycles. The van der Waals surface area contributed by atoms with E-state index in [0.29, 0.717) is 31.6 Å². The van der Waals surface area contributed by atoms with Crippen LogP contribution in [0.2, 0.25) is 0 Å². The summed E-state index contributed by atoms with van der Waals surface area (Å²) in [6.45, 7) is 0.719. The molecule has 2 aliphatic heterocycles. The second-order valence-electron chi connectivity index (χ2n) is 6.06. The minimum absolute atomic E-state index is 0.0423. The Morgan fingerprint density at radius 1 is 1.33 bits per heavy atom. The van der Waals surface area contributed by atoms with Crippen LogP contribution in [-0.2, 0) is 9.59 Å². The van der Waals surface area contributed by atoms with Gasteiger partial charge in [0.05, 0.1) is 18.3 Å². The zero-order valence-electron chi connectivity index (χ0n) is 13.2. The van der Waals surface area contributed by atoms with Gasteiger partial charge < -0.3 is 15.3 Å².